The lowest BCUT2D eigenvalue weighted by molar-refractivity contribution is 0.198. The molecule has 1 unspecified atom stereocenters. The number of amides is 2. The van der Waals surface area contributed by atoms with Gasteiger partial charge < -0.3 is 20.0 Å². The molecule has 3 heterocycles. The highest BCUT2D eigenvalue weighted by atomic mass is 32.1. The van der Waals surface area contributed by atoms with Gasteiger partial charge in [-0.1, -0.05) is 0 Å². The van der Waals surface area contributed by atoms with E-state index in [1.165, 1.54) is 12.1 Å². The zero-order valence-corrected chi connectivity index (χ0v) is 17.2. The molecule has 2 aliphatic rings. The first-order chi connectivity index (χ1) is 14.0. The molecule has 0 radical (unpaired) electrons. The van der Waals surface area contributed by atoms with Gasteiger partial charge in [-0.3, -0.25) is 0 Å². The molecular weight excluding hydrogens is 396 g/mol. The molecule has 1 N–H and O–H groups in total. The van der Waals surface area contributed by atoms with Gasteiger partial charge in [-0.05, 0) is 31.9 Å². The number of thiazole rings is 1. The highest BCUT2D eigenvalue weighted by Crippen LogP contribution is 2.25. The van der Waals surface area contributed by atoms with E-state index in [1.807, 2.05) is 22.1 Å². The summed E-state index contributed by atoms with van der Waals surface area (Å²) >= 11 is 1.64. The average molecular weight is 422 g/mol. The average Bonchev–Trinajstić information content (AvgIpc) is 3.24. The summed E-state index contributed by atoms with van der Waals surface area (Å²) < 4.78 is 27.2. The van der Waals surface area contributed by atoms with Crippen LogP contribution >= 0.6 is 11.3 Å². The second kappa shape index (κ2) is 8.52. The third-order valence-corrected chi connectivity index (χ3v) is 6.45. The van der Waals surface area contributed by atoms with E-state index < -0.39 is 11.6 Å². The van der Waals surface area contributed by atoms with E-state index >= 15 is 0 Å². The van der Waals surface area contributed by atoms with Crippen molar-refractivity contribution < 1.29 is 13.6 Å². The van der Waals surface area contributed by atoms with Crippen molar-refractivity contribution in [2.75, 3.05) is 49.1 Å². The van der Waals surface area contributed by atoms with Gasteiger partial charge in [0.15, 0.2) is 5.13 Å². The molecule has 0 spiro atoms. The summed E-state index contributed by atoms with van der Waals surface area (Å²) in [5.41, 5.74) is 1.40. The molecule has 2 saturated heterocycles. The topological polar surface area (TPSA) is 51.7 Å². The van der Waals surface area contributed by atoms with Gasteiger partial charge in [-0.2, -0.15) is 0 Å². The molecule has 2 aromatic rings. The summed E-state index contributed by atoms with van der Waals surface area (Å²) in [6, 6.07) is 3.49. The van der Waals surface area contributed by atoms with Crippen LogP contribution in [0.3, 0.4) is 0 Å². The van der Waals surface area contributed by atoms with E-state index in [2.05, 4.69) is 15.2 Å². The van der Waals surface area contributed by atoms with E-state index in [0.29, 0.717) is 31.9 Å². The summed E-state index contributed by atoms with van der Waals surface area (Å²) in [6.45, 7) is 6.14. The largest absolute Gasteiger partial charge is 0.367 e. The number of nitrogens with zero attached hydrogens (tertiary/aromatic N) is 4. The van der Waals surface area contributed by atoms with Crippen LogP contribution in [0.2, 0.25) is 0 Å². The number of rotatable bonds is 3. The monoisotopic (exact) mass is 421 g/mol. The lowest BCUT2D eigenvalue weighted by Crippen LogP contribution is -2.47. The van der Waals surface area contributed by atoms with Crippen LogP contribution in [-0.2, 0) is 0 Å². The highest BCUT2D eigenvalue weighted by molar-refractivity contribution is 7.13. The van der Waals surface area contributed by atoms with Gasteiger partial charge in [0.1, 0.15) is 11.6 Å². The van der Waals surface area contributed by atoms with Gasteiger partial charge in [0, 0.05) is 56.8 Å². The van der Waals surface area contributed by atoms with Crippen LogP contribution in [0.25, 0.3) is 0 Å². The summed E-state index contributed by atoms with van der Waals surface area (Å²) in [4.78, 5) is 23.2. The molecule has 0 bridgehead atoms. The van der Waals surface area contributed by atoms with Crippen molar-refractivity contribution in [2.45, 2.75) is 25.8 Å². The lowest BCUT2D eigenvalue weighted by Gasteiger charge is -2.24. The Labute approximate surface area is 173 Å². The Morgan fingerprint density at radius 3 is 2.79 bits per heavy atom. The fourth-order valence-corrected chi connectivity index (χ4v) is 4.76. The van der Waals surface area contributed by atoms with Gasteiger partial charge in [0.2, 0.25) is 0 Å². The molecule has 1 aromatic carbocycles. The minimum absolute atomic E-state index is 0.0482. The number of urea groups is 1. The maximum atomic E-state index is 14.0. The molecule has 2 fully saturated rings. The van der Waals surface area contributed by atoms with E-state index in [1.54, 1.807) is 11.3 Å². The number of anilines is 2. The summed E-state index contributed by atoms with van der Waals surface area (Å²) in [6.07, 6.45) is 1.63. The Hall–Kier alpha value is -2.42. The maximum absolute atomic E-state index is 14.0. The Balaban J connectivity index is 1.30. The number of aryl methyl sites for hydroxylation is 1. The van der Waals surface area contributed by atoms with Gasteiger partial charge in [-0.25, -0.2) is 18.6 Å². The molecule has 1 atom stereocenters. The SMILES string of the molecule is Cc1csc(N2CCCN(C(=O)NC3CCN(c4ccc(F)cc4F)C3)CC2)n1. The van der Waals surface area contributed by atoms with Crippen molar-refractivity contribution in [3.63, 3.8) is 0 Å². The van der Waals surface area contributed by atoms with E-state index in [4.69, 9.17) is 0 Å². The Kier molecular flexibility index (Phi) is 5.84. The number of carbonyl (C=O) groups is 1. The van der Waals surface area contributed by atoms with Gasteiger partial charge >= 0.3 is 6.03 Å². The number of halogens is 2. The molecule has 1 aromatic heterocycles. The highest BCUT2D eigenvalue weighted by Gasteiger charge is 2.28. The fourth-order valence-electron chi connectivity index (χ4n) is 3.90. The first kappa shape index (κ1) is 19.9. The van der Waals surface area contributed by atoms with E-state index in [-0.39, 0.29) is 12.1 Å². The smallest absolute Gasteiger partial charge is 0.317 e. The Morgan fingerprint density at radius 1 is 1.17 bits per heavy atom. The van der Waals surface area contributed by atoms with Crippen LogP contribution in [0.1, 0.15) is 18.5 Å². The minimum atomic E-state index is -0.585. The molecule has 29 heavy (non-hydrogen) atoms. The molecule has 9 heteroatoms. The van der Waals surface area contributed by atoms with Gasteiger partial charge in [0.05, 0.1) is 11.4 Å². The normalized spacial score (nSPS) is 20.1. The van der Waals surface area contributed by atoms with Crippen LogP contribution in [0.5, 0.6) is 0 Å². The fraction of sp³-hybridized carbons (Fsp3) is 0.500. The summed E-state index contributed by atoms with van der Waals surface area (Å²) in [5, 5.41) is 6.14. The summed E-state index contributed by atoms with van der Waals surface area (Å²) in [7, 11) is 0. The lowest BCUT2D eigenvalue weighted by atomic mass is 10.2. The zero-order valence-electron chi connectivity index (χ0n) is 16.4. The Morgan fingerprint density at radius 2 is 2.03 bits per heavy atom. The third kappa shape index (κ3) is 4.60. The minimum Gasteiger partial charge on any atom is -0.367 e. The van der Waals surface area contributed by atoms with Crippen LogP contribution in [0, 0.1) is 18.6 Å². The quantitative estimate of drug-likeness (QED) is 0.827. The Bertz CT molecular complexity index is 876. The second-order valence-electron chi connectivity index (χ2n) is 7.58. The molecule has 156 valence electrons. The van der Waals surface area contributed by atoms with Crippen LogP contribution in [0.4, 0.5) is 24.4 Å². The van der Waals surface area contributed by atoms with Crippen LogP contribution in [-0.4, -0.2) is 61.2 Å². The number of hydrogen-bond donors (Lipinski definition) is 1. The first-order valence-electron chi connectivity index (χ1n) is 9.92. The van der Waals surface area contributed by atoms with Crippen LogP contribution in [0.15, 0.2) is 23.6 Å². The molecule has 0 aliphatic carbocycles. The van der Waals surface area contributed by atoms with Crippen molar-refractivity contribution in [1.29, 1.82) is 0 Å². The first-order valence-corrected chi connectivity index (χ1v) is 10.8. The van der Waals surface area contributed by atoms with Crippen molar-refractivity contribution in [1.82, 2.24) is 15.2 Å². The number of hydrogen-bond acceptors (Lipinski definition) is 5. The number of benzene rings is 1. The maximum Gasteiger partial charge on any atom is 0.317 e. The third-order valence-electron chi connectivity index (χ3n) is 5.43. The standard InChI is InChI=1S/C20H25F2N5OS/c1-14-13-29-20(23-14)26-7-2-6-25(9-10-26)19(28)24-16-5-8-27(12-16)18-4-3-15(21)11-17(18)22/h3-4,11,13,16H,2,5-10,12H2,1H3,(H,24,28). The molecular formula is C20H25F2N5OS. The molecule has 2 aliphatic heterocycles. The number of nitrogens with one attached hydrogen (secondary N) is 1. The zero-order chi connectivity index (χ0) is 20.4. The van der Waals surface area contributed by atoms with Crippen molar-refractivity contribution in [3.8, 4) is 0 Å². The second-order valence-corrected chi connectivity index (χ2v) is 8.41. The van der Waals surface area contributed by atoms with Crippen molar-refractivity contribution in [3.05, 3.63) is 40.9 Å². The van der Waals surface area contributed by atoms with Crippen molar-refractivity contribution in [2.24, 2.45) is 0 Å². The molecule has 6 nitrogen and oxygen atoms in total. The van der Waals surface area contributed by atoms with E-state index in [9.17, 15) is 13.6 Å². The molecule has 0 saturated carbocycles. The van der Waals surface area contributed by atoms with Gasteiger partial charge in [0.25, 0.3) is 0 Å². The predicted octanol–water partition coefficient (Wildman–Crippen LogP) is 3.23. The van der Waals surface area contributed by atoms with Crippen molar-refractivity contribution >= 4 is 28.2 Å². The molecule has 4 rings (SSSR count). The predicted molar refractivity (Wildman–Crippen MR) is 111 cm³/mol. The van der Waals surface area contributed by atoms with Gasteiger partial charge in [-0.15, -0.1) is 11.3 Å². The van der Waals surface area contributed by atoms with E-state index in [0.717, 1.165) is 42.8 Å². The number of aromatic nitrogens is 1. The number of carbonyl (C=O) groups excluding carboxylic acids is 1. The molecule has 2 amide bonds. The van der Waals surface area contributed by atoms with Crippen LogP contribution < -0.4 is 15.1 Å². The summed E-state index contributed by atoms with van der Waals surface area (Å²) in [5.74, 6) is -1.15.